The van der Waals surface area contributed by atoms with Crippen LogP contribution in [0.1, 0.15) is 21.7 Å². The number of hydrogen-bond donors (Lipinski definition) is 2. The van der Waals surface area contributed by atoms with Crippen molar-refractivity contribution in [2.24, 2.45) is 0 Å². The van der Waals surface area contributed by atoms with Gasteiger partial charge in [-0.1, -0.05) is 18.2 Å². The van der Waals surface area contributed by atoms with Gasteiger partial charge < -0.3 is 5.32 Å². The van der Waals surface area contributed by atoms with Crippen molar-refractivity contribution in [3.05, 3.63) is 46.1 Å². The molecule has 0 saturated heterocycles. The van der Waals surface area contributed by atoms with Gasteiger partial charge in [0.05, 0.1) is 18.4 Å². The molecule has 0 fully saturated rings. The van der Waals surface area contributed by atoms with Gasteiger partial charge in [0.1, 0.15) is 4.90 Å². The molecule has 2 aromatic heterocycles. The lowest BCUT2D eigenvalue weighted by Gasteiger charge is -2.16. The van der Waals surface area contributed by atoms with E-state index < -0.39 is 10.0 Å². The fourth-order valence-electron chi connectivity index (χ4n) is 3.32. The number of fused-ring (bicyclic) bond motifs is 2. The molecule has 3 aromatic rings. The second-order valence-corrected chi connectivity index (χ2v) is 9.21. The third kappa shape index (κ3) is 2.89. The van der Waals surface area contributed by atoms with E-state index in [-0.39, 0.29) is 6.54 Å². The maximum atomic E-state index is 13.0. The highest BCUT2D eigenvalue weighted by Crippen LogP contribution is 2.35. The lowest BCUT2D eigenvalue weighted by atomic mass is 10.2. The lowest BCUT2D eigenvalue weighted by Crippen LogP contribution is -2.30. The Bertz CT molecular complexity index is 1050. The van der Waals surface area contributed by atoms with E-state index in [1.165, 1.54) is 11.3 Å². The summed E-state index contributed by atoms with van der Waals surface area (Å²) in [5.41, 5.74) is 3.07. The molecule has 0 unspecified atom stereocenters. The summed E-state index contributed by atoms with van der Waals surface area (Å²) in [6, 6.07) is 5.79. The number of nitrogens with one attached hydrogen (secondary N) is 2. The number of hydrogen-bond acceptors (Lipinski definition) is 5. The molecule has 8 heteroatoms. The summed E-state index contributed by atoms with van der Waals surface area (Å²) in [5.74, 6) is 0. The van der Waals surface area contributed by atoms with E-state index in [4.69, 9.17) is 0 Å². The maximum Gasteiger partial charge on any atom is 0.242 e. The van der Waals surface area contributed by atoms with Crippen molar-refractivity contribution in [1.82, 2.24) is 19.8 Å². The normalized spacial score (nSPS) is 14.8. The van der Waals surface area contributed by atoms with Gasteiger partial charge in [-0.25, -0.2) is 13.1 Å². The van der Waals surface area contributed by atoms with E-state index >= 15 is 0 Å². The second-order valence-electron chi connectivity index (χ2n) is 6.28. The van der Waals surface area contributed by atoms with Crippen LogP contribution in [0.2, 0.25) is 0 Å². The average molecular weight is 377 g/mol. The highest BCUT2D eigenvalue weighted by atomic mass is 32.2. The molecule has 2 N–H and O–H groups in total. The van der Waals surface area contributed by atoms with Gasteiger partial charge in [-0.15, -0.1) is 11.3 Å². The number of nitrogens with zero attached hydrogens (tertiary/aromatic N) is 2. The summed E-state index contributed by atoms with van der Waals surface area (Å²) in [5, 5.41) is 8.44. The van der Waals surface area contributed by atoms with Crippen molar-refractivity contribution in [2.45, 2.75) is 38.4 Å². The molecule has 6 nitrogen and oxygen atoms in total. The predicted molar refractivity (Wildman–Crippen MR) is 99.3 cm³/mol. The third-order valence-electron chi connectivity index (χ3n) is 4.58. The lowest BCUT2D eigenvalue weighted by molar-refractivity contribution is 0.473. The molecule has 132 valence electrons. The van der Waals surface area contributed by atoms with Crippen molar-refractivity contribution in [2.75, 3.05) is 6.54 Å². The van der Waals surface area contributed by atoms with Crippen LogP contribution in [0.3, 0.4) is 0 Å². The zero-order valence-electron chi connectivity index (χ0n) is 14.2. The zero-order chi connectivity index (χ0) is 17.6. The van der Waals surface area contributed by atoms with Crippen molar-refractivity contribution in [3.63, 3.8) is 0 Å². The van der Waals surface area contributed by atoms with Crippen molar-refractivity contribution in [1.29, 1.82) is 0 Å². The van der Waals surface area contributed by atoms with Gasteiger partial charge in [-0.2, -0.15) is 5.10 Å². The van der Waals surface area contributed by atoms with Gasteiger partial charge in [0, 0.05) is 40.2 Å². The van der Waals surface area contributed by atoms with E-state index in [1.54, 1.807) is 6.20 Å². The largest absolute Gasteiger partial charge is 0.309 e. The highest BCUT2D eigenvalue weighted by Gasteiger charge is 2.24. The fraction of sp³-hybridized carbons (Fsp3) is 0.353. The average Bonchev–Trinajstić information content (AvgIpc) is 3.14. The standard InChI is InChI=1S/C17H20N4O2S2/c1-11-4-3-5-14-16(11)24-12(2)17(14)25(22,23)20-9-13-8-19-21-7-6-18-10-15(13)21/h3-5,8,18,20H,6-7,9-10H2,1-2H3. The number of aryl methyl sites for hydroxylation is 2. The van der Waals surface area contributed by atoms with E-state index in [1.807, 2.05) is 36.7 Å². The Balaban J connectivity index is 1.66. The fourth-order valence-corrected chi connectivity index (χ4v) is 6.19. The SMILES string of the molecule is Cc1sc2c(C)cccc2c1S(=O)(=O)NCc1cnn2c1CNCC2. The highest BCUT2D eigenvalue weighted by molar-refractivity contribution is 7.90. The van der Waals surface area contributed by atoms with Crippen molar-refractivity contribution < 1.29 is 8.42 Å². The van der Waals surface area contributed by atoms with Crippen LogP contribution in [0.15, 0.2) is 29.3 Å². The third-order valence-corrected chi connectivity index (χ3v) is 7.55. The first-order chi connectivity index (χ1) is 12.0. The minimum absolute atomic E-state index is 0.252. The van der Waals surface area contributed by atoms with Gasteiger partial charge in [0.15, 0.2) is 0 Å². The Morgan fingerprint density at radius 1 is 1.36 bits per heavy atom. The molecule has 0 atom stereocenters. The molecule has 4 rings (SSSR count). The van der Waals surface area contributed by atoms with E-state index in [2.05, 4.69) is 15.1 Å². The van der Waals surface area contributed by atoms with Gasteiger partial charge in [-0.3, -0.25) is 4.68 Å². The van der Waals surface area contributed by atoms with Crippen molar-refractivity contribution in [3.8, 4) is 0 Å². The molecular weight excluding hydrogens is 356 g/mol. The summed E-state index contributed by atoms with van der Waals surface area (Å²) in [6.45, 7) is 6.55. The minimum atomic E-state index is -3.59. The van der Waals surface area contributed by atoms with Crippen LogP contribution in [0.25, 0.3) is 10.1 Å². The first-order valence-corrected chi connectivity index (χ1v) is 10.5. The first-order valence-electron chi connectivity index (χ1n) is 8.20. The zero-order valence-corrected chi connectivity index (χ0v) is 15.8. The molecule has 0 radical (unpaired) electrons. The Morgan fingerprint density at radius 2 is 2.20 bits per heavy atom. The summed E-state index contributed by atoms with van der Waals surface area (Å²) in [6.07, 6.45) is 1.76. The van der Waals surface area contributed by atoms with Crippen LogP contribution >= 0.6 is 11.3 Å². The van der Waals surface area contributed by atoms with E-state index in [9.17, 15) is 8.42 Å². The summed E-state index contributed by atoms with van der Waals surface area (Å²) < 4.78 is 31.6. The second kappa shape index (κ2) is 6.21. The van der Waals surface area contributed by atoms with Gasteiger partial charge in [-0.05, 0) is 19.4 Å². The van der Waals surface area contributed by atoms with E-state index in [0.717, 1.165) is 51.4 Å². The summed E-state index contributed by atoms with van der Waals surface area (Å²) >= 11 is 1.53. The quantitative estimate of drug-likeness (QED) is 0.733. The molecule has 1 aromatic carbocycles. The Morgan fingerprint density at radius 3 is 3.04 bits per heavy atom. The minimum Gasteiger partial charge on any atom is -0.309 e. The molecule has 0 aliphatic carbocycles. The topological polar surface area (TPSA) is 76.0 Å². The van der Waals surface area contributed by atoms with Gasteiger partial charge >= 0.3 is 0 Å². The molecule has 1 aliphatic rings. The molecule has 0 bridgehead atoms. The molecule has 0 spiro atoms. The molecule has 1 aliphatic heterocycles. The first kappa shape index (κ1) is 16.7. The van der Waals surface area contributed by atoms with Crippen LogP contribution in [0.5, 0.6) is 0 Å². The molecule has 0 amide bonds. The number of benzene rings is 1. The molecule has 25 heavy (non-hydrogen) atoms. The number of rotatable bonds is 4. The number of thiophene rings is 1. The Kier molecular flexibility index (Phi) is 4.15. The van der Waals surface area contributed by atoms with E-state index in [0.29, 0.717) is 4.90 Å². The van der Waals surface area contributed by atoms with Crippen LogP contribution < -0.4 is 10.0 Å². The number of aromatic nitrogens is 2. The monoisotopic (exact) mass is 376 g/mol. The van der Waals surface area contributed by atoms with Crippen molar-refractivity contribution >= 4 is 31.4 Å². The molecular formula is C17H20N4O2S2. The Hall–Kier alpha value is -1.74. The smallest absolute Gasteiger partial charge is 0.242 e. The van der Waals surface area contributed by atoms with Crippen LogP contribution in [-0.4, -0.2) is 24.7 Å². The van der Waals surface area contributed by atoms with Crippen LogP contribution in [0.4, 0.5) is 0 Å². The maximum absolute atomic E-state index is 13.0. The predicted octanol–water partition coefficient (Wildman–Crippen LogP) is 2.30. The Labute approximate surface area is 150 Å². The van der Waals surface area contributed by atoms with Gasteiger partial charge in [0.25, 0.3) is 0 Å². The van der Waals surface area contributed by atoms with Crippen LogP contribution in [0, 0.1) is 13.8 Å². The molecule has 0 saturated carbocycles. The van der Waals surface area contributed by atoms with Crippen LogP contribution in [-0.2, 0) is 29.7 Å². The summed E-state index contributed by atoms with van der Waals surface area (Å²) in [7, 11) is -3.59. The van der Waals surface area contributed by atoms with Gasteiger partial charge in [0.2, 0.25) is 10.0 Å². The number of sulfonamides is 1. The summed E-state index contributed by atoms with van der Waals surface area (Å²) in [4.78, 5) is 1.21. The molecule has 3 heterocycles.